The van der Waals surface area contributed by atoms with Crippen molar-refractivity contribution in [3.05, 3.63) is 71.9 Å². The van der Waals surface area contributed by atoms with Gasteiger partial charge in [-0.3, -0.25) is 4.79 Å². The van der Waals surface area contributed by atoms with E-state index < -0.39 is 0 Å². The molecule has 4 rings (SSSR count). The Morgan fingerprint density at radius 3 is 2.50 bits per heavy atom. The molecule has 4 nitrogen and oxygen atoms in total. The van der Waals surface area contributed by atoms with Gasteiger partial charge in [0.15, 0.2) is 0 Å². The number of carbonyl (C=O) groups is 1. The van der Waals surface area contributed by atoms with E-state index in [2.05, 4.69) is 40.2 Å². The third kappa shape index (κ3) is 4.40. The second-order valence-electron chi connectivity index (χ2n) is 7.48. The van der Waals surface area contributed by atoms with Gasteiger partial charge >= 0.3 is 0 Å². The van der Waals surface area contributed by atoms with Crippen LogP contribution in [0.3, 0.4) is 0 Å². The summed E-state index contributed by atoms with van der Waals surface area (Å²) in [4.78, 5) is 20.8. The molecule has 1 aliphatic rings. The van der Waals surface area contributed by atoms with Crippen LogP contribution in [0.15, 0.2) is 60.8 Å². The monoisotopic (exact) mass is 397 g/mol. The molecule has 148 valence electrons. The number of H-pyrrole nitrogens is 1. The molecule has 5 heteroatoms. The zero-order valence-electron chi connectivity index (χ0n) is 16.3. The lowest BCUT2D eigenvalue weighted by Crippen LogP contribution is -2.39. The third-order valence-corrected chi connectivity index (χ3v) is 5.69. The number of likely N-dealkylation sites (N-methyl/N-ethyl adjacent to an activating group) is 1. The highest BCUT2D eigenvalue weighted by molar-refractivity contribution is 5.89. The fourth-order valence-electron chi connectivity index (χ4n) is 4.08. The van der Waals surface area contributed by atoms with Crippen LogP contribution in [0.25, 0.3) is 10.9 Å². The van der Waals surface area contributed by atoms with Gasteiger partial charge in [0.25, 0.3) is 0 Å². The van der Waals surface area contributed by atoms with E-state index in [1.54, 1.807) is 0 Å². The largest absolute Gasteiger partial charge is 0.361 e. The third-order valence-electron chi connectivity index (χ3n) is 5.69. The molecule has 0 radical (unpaired) electrons. The van der Waals surface area contributed by atoms with Crippen molar-refractivity contribution >= 4 is 29.2 Å². The predicted molar refractivity (Wildman–Crippen MR) is 117 cm³/mol. The van der Waals surface area contributed by atoms with Crippen LogP contribution in [0, 0.1) is 0 Å². The Morgan fingerprint density at radius 1 is 1.07 bits per heavy atom. The summed E-state index contributed by atoms with van der Waals surface area (Å²) in [5.41, 5.74) is 3.36. The Labute approximate surface area is 172 Å². The van der Waals surface area contributed by atoms with Crippen LogP contribution in [-0.4, -0.2) is 47.4 Å². The summed E-state index contributed by atoms with van der Waals surface area (Å²) in [5, 5.41) is 1.13. The molecule has 0 bridgehead atoms. The van der Waals surface area contributed by atoms with Gasteiger partial charge in [0.1, 0.15) is 0 Å². The summed E-state index contributed by atoms with van der Waals surface area (Å²) < 4.78 is 0. The molecule has 1 saturated heterocycles. The van der Waals surface area contributed by atoms with Crippen molar-refractivity contribution < 1.29 is 4.79 Å². The first kappa shape index (κ1) is 20.4. The summed E-state index contributed by atoms with van der Waals surface area (Å²) >= 11 is 0. The lowest BCUT2D eigenvalue weighted by Gasteiger charge is -2.32. The van der Waals surface area contributed by atoms with Crippen molar-refractivity contribution in [3.8, 4) is 0 Å². The molecule has 0 spiro atoms. The molecule has 0 unspecified atom stereocenters. The summed E-state index contributed by atoms with van der Waals surface area (Å²) in [5.74, 6) is 0.160. The summed E-state index contributed by atoms with van der Waals surface area (Å²) in [6.45, 7) is 3.17. The molecule has 1 aromatic heterocycles. The number of nitrogens with one attached hydrogen (secondary N) is 1. The van der Waals surface area contributed by atoms with Crippen LogP contribution in [-0.2, 0) is 11.2 Å². The average Bonchev–Trinajstić information content (AvgIpc) is 3.36. The van der Waals surface area contributed by atoms with E-state index in [1.165, 1.54) is 18.4 Å². The first-order valence-electron chi connectivity index (χ1n) is 9.80. The molecule has 1 amide bonds. The Bertz CT molecular complexity index is 902. The number of amides is 1. The number of carbonyl (C=O) groups excluding carboxylic acids is 1. The normalized spacial score (nSPS) is 15.3. The number of halogens is 1. The number of rotatable bonds is 6. The molecule has 0 saturated carbocycles. The highest BCUT2D eigenvalue weighted by Crippen LogP contribution is 2.25. The number of hydrogen-bond acceptors (Lipinski definition) is 2. The van der Waals surface area contributed by atoms with Gasteiger partial charge in [-0.15, -0.1) is 12.4 Å². The molecule has 28 heavy (non-hydrogen) atoms. The van der Waals surface area contributed by atoms with Crippen LogP contribution in [0.5, 0.6) is 0 Å². The van der Waals surface area contributed by atoms with Crippen molar-refractivity contribution in [3.63, 3.8) is 0 Å². The van der Waals surface area contributed by atoms with Gasteiger partial charge in [-0.2, -0.15) is 0 Å². The Kier molecular flexibility index (Phi) is 6.76. The lowest BCUT2D eigenvalue weighted by molar-refractivity contribution is -0.131. The first-order chi connectivity index (χ1) is 13.2. The quantitative estimate of drug-likeness (QED) is 0.668. The van der Waals surface area contributed by atoms with Crippen molar-refractivity contribution in [2.24, 2.45) is 0 Å². The van der Waals surface area contributed by atoms with Crippen molar-refractivity contribution in [1.29, 1.82) is 0 Å². The summed E-state index contributed by atoms with van der Waals surface area (Å²) in [6.07, 6.45) is 4.90. The van der Waals surface area contributed by atoms with Gasteiger partial charge in [0.2, 0.25) is 5.91 Å². The Morgan fingerprint density at radius 2 is 1.75 bits per heavy atom. The van der Waals surface area contributed by atoms with E-state index in [-0.39, 0.29) is 24.4 Å². The van der Waals surface area contributed by atoms with Crippen molar-refractivity contribution in [1.82, 2.24) is 14.8 Å². The Hall–Kier alpha value is -2.30. The van der Waals surface area contributed by atoms with E-state index in [0.29, 0.717) is 6.42 Å². The van der Waals surface area contributed by atoms with E-state index >= 15 is 0 Å². The molecule has 3 aromatic rings. The molecule has 2 aromatic carbocycles. The number of para-hydroxylation sites is 1. The van der Waals surface area contributed by atoms with Gasteiger partial charge in [0, 0.05) is 30.7 Å². The first-order valence-corrected chi connectivity index (χ1v) is 9.80. The van der Waals surface area contributed by atoms with E-state index in [1.807, 2.05) is 42.4 Å². The zero-order valence-corrected chi connectivity index (χ0v) is 17.1. The van der Waals surface area contributed by atoms with Crippen LogP contribution in [0.1, 0.15) is 30.0 Å². The topological polar surface area (TPSA) is 39.3 Å². The zero-order chi connectivity index (χ0) is 18.6. The smallest absolute Gasteiger partial charge is 0.227 e. The highest BCUT2D eigenvalue weighted by atomic mass is 35.5. The minimum absolute atomic E-state index is 0. The van der Waals surface area contributed by atoms with E-state index in [0.717, 1.165) is 36.1 Å². The standard InChI is InChI=1S/C23H27N3O.ClH/c1-25(23(27)15-19-16-24-21-12-6-5-11-20(19)21)22(17-26-13-7-8-14-26)18-9-3-2-4-10-18;/h2-6,9-12,16,22,24H,7-8,13-15,17H2,1H3;1H/t22-;/m1./s1. The number of aromatic nitrogens is 1. The van der Waals surface area contributed by atoms with Gasteiger partial charge in [0.05, 0.1) is 12.5 Å². The van der Waals surface area contributed by atoms with Gasteiger partial charge < -0.3 is 14.8 Å². The van der Waals surface area contributed by atoms with Gasteiger partial charge in [-0.05, 0) is 43.1 Å². The molecule has 1 atom stereocenters. The molecule has 2 heterocycles. The summed E-state index contributed by atoms with van der Waals surface area (Å²) in [7, 11) is 1.95. The number of hydrogen-bond donors (Lipinski definition) is 1. The second kappa shape index (κ2) is 9.26. The average molecular weight is 398 g/mol. The SMILES string of the molecule is CN(C(=O)Cc1c[nH]c2ccccc12)[C@H](CN1CCCC1)c1ccccc1.Cl. The molecular formula is C23H28ClN3O. The van der Waals surface area contributed by atoms with Gasteiger partial charge in [-0.1, -0.05) is 48.5 Å². The molecule has 1 aliphatic heterocycles. The van der Waals surface area contributed by atoms with Crippen LogP contribution < -0.4 is 0 Å². The highest BCUT2D eigenvalue weighted by Gasteiger charge is 2.26. The lowest BCUT2D eigenvalue weighted by atomic mass is 10.0. The van der Waals surface area contributed by atoms with Crippen molar-refractivity contribution in [2.45, 2.75) is 25.3 Å². The van der Waals surface area contributed by atoms with Crippen LogP contribution >= 0.6 is 12.4 Å². The molecule has 1 fully saturated rings. The van der Waals surface area contributed by atoms with Crippen molar-refractivity contribution in [2.75, 3.05) is 26.7 Å². The molecule has 0 aliphatic carbocycles. The maximum absolute atomic E-state index is 13.1. The van der Waals surface area contributed by atoms with E-state index in [9.17, 15) is 4.79 Å². The second-order valence-corrected chi connectivity index (χ2v) is 7.48. The maximum atomic E-state index is 13.1. The number of benzene rings is 2. The minimum atomic E-state index is 0. The maximum Gasteiger partial charge on any atom is 0.227 e. The minimum Gasteiger partial charge on any atom is -0.361 e. The fourth-order valence-corrected chi connectivity index (χ4v) is 4.08. The van der Waals surface area contributed by atoms with Crippen LogP contribution in [0.2, 0.25) is 0 Å². The number of fused-ring (bicyclic) bond motifs is 1. The number of likely N-dealkylation sites (tertiary alicyclic amines) is 1. The predicted octanol–water partition coefficient (Wildman–Crippen LogP) is 4.43. The molecule has 1 N–H and O–H groups in total. The Balaban J connectivity index is 0.00000225. The number of nitrogens with zero attached hydrogens (tertiary/aromatic N) is 2. The van der Waals surface area contributed by atoms with Crippen LogP contribution in [0.4, 0.5) is 0 Å². The summed E-state index contributed by atoms with van der Waals surface area (Å²) in [6, 6.07) is 18.7. The van der Waals surface area contributed by atoms with E-state index in [4.69, 9.17) is 0 Å². The fraction of sp³-hybridized carbons (Fsp3) is 0.348. The molecular weight excluding hydrogens is 370 g/mol. The number of aromatic amines is 1. The van der Waals surface area contributed by atoms with Gasteiger partial charge in [-0.25, -0.2) is 0 Å².